The molecule has 0 fully saturated rings. The van der Waals surface area contributed by atoms with Crippen molar-refractivity contribution in [1.29, 1.82) is 0 Å². The van der Waals surface area contributed by atoms with Crippen molar-refractivity contribution in [3.05, 3.63) is 38.9 Å². The molecule has 0 aromatic carbocycles. The van der Waals surface area contributed by atoms with Gasteiger partial charge in [0.15, 0.2) is 17.0 Å². The van der Waals surface area contributed by atoms with E-state index in [1.165, 1.54) is 17.9 Å². The van der Waals surface area contributed by atoms with E-state index < -0.39 is 17.4 Å². The standard InChI is InChI=1S/C18H27N7O4/c1-5-24(6-2)8-7-14-20-13(21-29-14)9-12(26)10-25-11-19-16-15(25)17(27)23(4)18(28)22(16)3/h11-12,26H,5-10H2,1-4H3. The first-order valence-electron chi connectivity index (χ1n) is 9.68. The van der Waals surface area contributed by atoms with E-state index in [0.29, 0.717) is 18.1 Å². The minimum atomic E-state index is -0.845. The van der Waals surface area contributed by atoms with Gasteiger partial charge < -0.3 is 19.1 Å². The van der Waals surface area contributed by atoms with Crippen molar-refractivity contribution in [3.8, 4) is 0 Å². The zero-order valence-corrected chi connectivity index (χ0v) is 17.2. The summed E-state index contributed by atoms with van der Waals surface area (Å²) in [5.41, 5.74) is -0.353. The third-order valence-electron chi connectivity index (χ3n) is 5.09. The number of aliphatic hydroxyl groups excluding tert-OH is 1. The van der Waals surface area contributed by atoms with Gasteiger partial charge in [0.05, 0.1) is 19.0 Å². The smallest absolute Gasteiger partial charge is 0.332 e. The average molecular weight is 405 g/mol. The second-order valence-corrected chi connectivity index (χ2v) is 7.01. The molecule has 0 spiro atoms. The molecule has 158 valence electrons. The highest BCUT2D eigenvalue weighted by molar-refractivity contribution is 5.69. The fourth-order valence-corrected chi connectivity index (χ4v) is 3.31. The first-order valence-corrected chi connectivity index (χ1v) is 9.68. The van der Waals surface area contributed by atoms with E-state index >= 15 is 0 Å². The maximum atomic E-state index is 12.5. The number of likely N-dealkylation sites (N-methyl/N-ethyl adjacent to an activating group) is 1. The van der Waals surface area contributed by atoms with E-state index in [0.717, 1.165) is 24.2 Å². The molecule has 0 amide bonds. The minimum absolute atomic E-state index is 0.118. The quantitative estimate of drug-likeness (QED) is 0.496. The van der Waals surface area contributed by atoms with Gasteiger partial charge in [0, 0.05) is 33.5 Å². The van der Waals surface area contributed by atoms with Crippen molar-refractivity contribution in [2.75, 3.05) is 19.6 Å². The summed E-state index contributed by atoms with van der Waals surface area (Å²) in [6.07, 6.45) is 1.43. The van der Waals surface area contributed by atoms with Gasteiger partial charge in [-0.2, -0.15) is 4.98 Å². The van der Waals surface area contributed by atoms with E-state index in [4.69, 9.17) is 4.52 Å². The number of aryl methyl sites for hydroxylation is 1. The Morgan fingerprint density at radius 1 is 1.21 bits per heavy atom. The number of hydrogen-bond acceptors (Lipinski definition) is 8. The Morgan fingerprint density at radius 3 is 2.62 bits per heavy atom. The van der Waals surface area contributed by atoms with Crippen LogP contribution in [0.15, 0.2) is 20.4 Å². The maximum Gasteiger partial charge on any atom is 0.332 e. The molecule has 3 rings (SSSR count). The van der Waals surface area contributed by atoms with Crippen LogP contribution in [0.1, 0.15) is 25.6 Å². The Morgan fingerprint density at radius 2 is 1.93 bits per heavy atom. The zero-order chi connectivity index (χ0) is 21.1. The van der Waals surface area contributed by atoms with Gasteiger partial charge >= 0.3 is 5.69 Å². The third kappa shape index (κ3) is 4.30. The second-order valence-electron chi connectivity index (χ2n) is 7.01. The fourth-order valence-electron chi connectivity index (χ4n) is 3.31. The highest BCUT2D eigenvalue weighted by Crippen LogP contribution is 2.09. The largest absolute Gasteiger partial charge is 0.391 e. The Labute approximate surface area is 167 Å². The van der Waals surface area contributed by atoms with Crippen molar-refractivity contribution in [1.82, 2.24) is 33.7 Å². The number of nitrogens with zero attached hydrogens (tertiary/aromatic N) is 7. The molecule has 11 heteroatoms. The number of aliphatic hydroxyl groups is 1. The molecule has 29 heavy (non-hydrogen) atoms. The van der Waals surface area contributed by atoms with Crippen molar-refractivity contribution < 1.29 is 9.63 Å². The number of aromatic nitrogens is 6. The lowest BCUT2D eigenvalue weighted by Crippen LogP contribution is -2.37. The normalized spacial score (nSPS) is 12.9. The fraction of sp³-hybridized carbons (Fsp3) is 0.611. The predicted octanol–water partition coefficient (Wildman–Crippen LogP) is -0.695. The topological polar surface area (TPSA) is 124 Å². The SMILES string of the molecule is CCN(CC)CCc1nc(CC(O)Cn2cnc3c2c(=O)n(C)c(=O)n3C)no1. The molecule has 0 saturated heterocycles. The summed E-state index contributed by atoms with van der Waals surface area (Å²) in [5.74, 6) is 0.952. The summed E-state index contributed by atoms with van der Waals surface area (Å²) >= 11 is 0. The molecule has 0 aliphatic carbocycles. The van der Waals surface area contributed by atoms with E-state index in [9.17, 15) is 14.7 Å². The zero-order valence-electron chi connectivity index (χ0n) is 17.2. The molecule has 11 nitrogen and oxygen atoms in total. The molecule has 3 aromatic rings. The van der Waals surface area contributed by atoms with Gasteiger partial charge in [-0.05, 0) is 13.1 Å². The van der Waals surface area contributed by atoms with Gasteiger partial charge in [-0.15, -0.1) is 0 Å². The summed E-state index contributed by atoms with van der Waals surface area (Å²) in [4.78, 5) is 35.2. The monoisotopic (exact) mass is 405 g/mol. The summed E-state index contributed by atoms with van der Waals surface area (Å²) in [7, 11) is 2.97. The Hall–Kier alpha value is -2.79. The lowest BCUT2D eigenvalue weighted by atomic mass is 10.2. The summed E-state index contributed by atoms with van der Waals surface area (Å²) in [6, 6.07) is 0. The van der Waals surface area contributed by atoms with Crippen LogP contribution in [0.25, 0.3) is 11.2 Å². The average Bonchev–Trinajstić information content (AvgIpc) is 3.32. The predicted molar refractivity (Wildman–Crippen MR) is 106 cm³/mol. The molecular formula is C18H27N7O4. The Balaban J connectivity index is 1.70. The Kier molecular flexibility index (Phi) is 6.28. The van der Waals surface area contributed by atoms with E-state index in [2.05, 4.69) is 33.9 Å². The summed E-state index contributed by atoms with van der Waals surface area (Å²) in [6.45, 7) is 7.07. The van der Waals surface area contributed by atoms with Crippen LogP contribution in [0.5, 0.6) is 0 Å². The van der Waals surface area contributed by atoms with Crippen LogP contribution in [0.3, 0.4) is 0 Å². The van der Waals surface area contributed by atoms with Crippen molar-refractivity contribution >= 4 is 11.2 Å². The van der Waals surface area contributed by atoms with Gasteiger partial charge in [-0.25, -0.2) is 9.78 Å². The highest BCUT2D eigenvalue weighted by Gasteiger charge is 2.18. The van der Waals surface area contributed by atoms with E-state index in [1.807, 2.05) is 0 Å². The van der Waals surface area contributed by atoms with Crippen molar-refractivity contribution in [2.24, 2.45) is 14.1 Å². The minimum Gasteiger partial charge on any atom is -0.391 e. The van der Waals surface area contributed by atoms with Gasteiger partial charge in [0.25, 0.3) is 5.56 Å². The molecule has 1 atom stereocenters. The molecule has 3 heterocycles. The first-order chi connectivity index (χ1) is 13.8. The first kappa shape index (κ1) is 20.9. The second kappa shape index (κ2) is 8.70. The molecule has 1 N–H and O–H groups in total. The molecule has 0 bridgehead atoms. The van der Waals surface area contributed by atoms with Crippen molar-refractivity contribution in [3.63, 3.8) is 0 Å². The van der Waals surface area contributed by atoms with E-state index in [-0.39, 0.29) is 24.1 Å². The van der Waals surface area contributed by atoms with Gasteiger partial charge in [-0.1, -0.05) is 19.0 Å². The van der Waals surface area contributed by atoms with Crippen LogP contribution in [0.4, 0.5) is 0 Å². The molecule has 1 unspecified atom stereocenters. The summed E-state index contributed by atoms with van der Waals surface area (Å²) < 4.78 is 9.14. The van der Waals surface area contributed by atoms with Crippen LogP contribution in [0.2, 0.25) is 0 Å². The lowest BCUT2D eigenvalue weighted by Gasteiger charge is -2.15. The number of hydrogen-bond donors (Lipinski definition) is 1. The molecular weight excluding hydrogens is 378 g/mol. The lowest BCUT2D eigenvalue weighted by molar-refractivity contribution is 0.152. The van der Waals surface area contributed by atoms with Crippen LogP contribution in [-0.2, 0) is 33.5 Å². The Bertz CT molecular complexity index is 1090. The van der Waals surface area contributed by atoms with E-state index in [1.54, 1.807) is 11.6 Å². The number of imidazole rings is 1. The molecule has 0 radical (unpaired) electrons. The van der Waals surface area contributed by atoms with Crippen LogP contribution < -0.4 is 11.2 Å². The maximum absolute atomic E-state index is 12.5. The van der Waals surface area contributed by atoms with Crippen molar-refractivity contribution in [2.45, 2.75) is 39.3 Å². The summed E-state index contributed by atoms with van der Waals surface area (Å²) in [5, 5.41) is 14.4. The van der Waals surface area contributed by atoms with Gasteiger partial charge in [-0.3, -0.25) is 13.9 Å². The highest BCUT2D eigenvalue weighted by atomic mass is 16.5. The van der Waals surface area contributed by atoms with Crippen LogP contribution in [-0.4, -0.2) is 64.6 Å². The molecule has 0 aliphatic rings. The van der Waals surface area contributed by atoms with Gasteiger partial charge in [0.2, 0.25) is 5.89 Å². The van der Waals surface area contributed by atoms with Crippen LogP contribution in [0, 0.1) is 0 Å². The van der Waals surface area contributed by atoms with Crippen LogP contribution >= 0.6 is 0 Å². The third-order valence-corrected chi connectivity index (χ3v) is 5.09. The molecule has 0 aliphatic heterocycles. The number of fused-ring (bicyclic) bond motifs is 1. The molecule has 0 saturated carbocycles. The van der Waals surface area contributed by atoms with Gasteiger partial charge in [0.1, 0.15) is 0 Å². The molecule has 3 aromatic heterocycles. The number of rotatable bonds is 9.